The SMILES string of the molecule is CN1CCCCN(N)CC1. The first kappa shape index (κ1) is 7.98. The fraction of sp³-hybridized carbons (Fsp3) is 1.00. The van der Waals surface area contributed by atoms with Gasteiger partial charge in [-0.3, -0.25) is 5.84 Å². The minimum atomic E-state index is 1.01. The van der Waals surface area contributed by atoms with Crippen LogP contribution >= 0.6 is 0 Å². The first-order valence-corrected chi connectivity index (χ1v) is 3.97. The summed E-state index contributed by atoms with van der Waals surface area (Å²) in [5.74, 6) is 5.67. The van der Waals surface area contributed by atoms with Gasteiger partial charge in [0, 0.05) is 19.6 Å². The van der Waals surface area contributed by atoms with Crippen molar-refractivity contribution >= 4 is 0 Å². The molecule has 0 saturated carbocycles. The predicted molar refractivity (Wildman–Crippen MR) is 42.5 cm³/mol. The van der Waals surface area contributed by atoms with Gasteiger partial charge in [-0.15, -0.1) is 0 Å². The third-order valence-corrected chi connectivity index (χ3v) is 2.00. The number of hydrogen-bond acceptors (Lipinski definition) is 3. The van der Waals surface area contributed by atoms with Crippen LogP contribution in [0, 0.1) is 0 Å². The van der Waals surface area contributed by atoms with E-state index in [-0.39, 0.29) is 0 Å². The molecule has 1 aliphatic rings. The van der Waals surface area contributed by atoms with Gasteiger partial charge >= 0.3 is 0 Å². The third-order valence-electron chi connectivity index (χ3n) is 2.00. The smallest absolute Gasteiger partial charge is 0.0256 e. The van der Waals surface area contributed by atoms with Gasteiger partial charge in [0.05, 0.1) is 0 Å². The lowest BCUT2D eigenvalue weighted by Crippen LogP contribution is -2.41. The molecule has 3 heteroatoms. The molecule has 1 saturated heterocycles. The maximum Gasteiger partial charge on any atom is 0.0256 e. The quantitative estimate of drug-likeness (QED) is 0.480. The molecule has 1 rings (SSSR count). The molecule has 0 atom stereocenters. The van der Waals surface area contributed by atoms with Crippen molar-refractivity contribution in [3.8, 4) is 0 Å². The molecule has 0 aliphatic carbocycles. The van der Waals surface area contributed by atoms with Crippen LogP contribution < -0.4 is 5.84 Å². The number of hydrogen-bond donors (Lipinski definition) is 1. The van der Waals surface area contributed by atoms with Gasteiger partial charge in [0.25, 0.3) is 0 Å². The number of nitrogens with zero attached hydrogens (tertiary/aromatic N) is 2. The maximum atomic E-state index is 5.67. The van der Waals surface area contributed by atoms with Crippen LogP contribution in [0.25, 0.3) is 0 Å². The van der Waals surface area contributed by atoms with E-state index >= 15 is 0 Å². The van der Waals surface area contributed by atoms with Gasteiger partial charge < -0.3 is 4.90 Å². The Bertz CT molecular complexity index is 82.9. The molecule has 0 bridgehead atoms. The standard InChI is InChI=1S/C7H17N3/c1-9-4-2-3-5-10(8)7-6-9/h2-8H2,1H3. The zero-order chi connectivity index (χ0) is 7.40. The second-order valence-electron chi connectivity index (χ2n) is 3.05. The lowest BCUT2D eigenvalue weighted by molar-refractivity contribution is 0.197. The zero-order valence-corrected chi connectivity index (χ0v) is 6.71. The molecule has 1 heterocycles. The second kappa shape index (κ2) is 3.91. The van der Waals surface area contributed by atoms with E-state index in [1.807, 2.05) is 5.01 Å². The lowest BCUT2D eigenvalue weighted by atomic mass is 10.2. The zero-order valence-electron chi connectivity index (χ0n) is 6.71. The van der Waals surface area contributed by atoms with Crippen molar-refractivity contribution in [1.82, 2.24) is 9.91 Å². The van der Waals surface area contributed by atoms with E-state index in [9.17, 15) is 0 Å². The van der Waals surface area contributed by atoms with Crippen LogP contribution in [0.5, 0.6) is 0 Å². The van der Waals surface area contributed by atoms with Crippen molar-refractivity contribution < 1.29 is 0 Å². The minimum Gasteiger partial charge on any atom is -0.305 e. The summed E-state index contributed by atoms with van der Waals surface area (Å²) in [6, 6.07) is 0. The molecule has 0 aromatic carbocycles. The van der Waals surface area contributed by atoms with Gasteiger partial charge in [0.1, 0.15) is 0 Å². The molecule has 3 nitrogen and oxygen atoms in total. The topological polar surface area (TPSA) is 32.5 Å². The van der Waals surface area contributed by atoms with E-state index < -0.39 is 0 Å². The summed E-state index contributed by atoms with van der Waals surface area (Å²) in [5, 5.41) is 1.91. The average Bonchev–Trinajstić information content (AvgIpc) is 1.90. The summed E-state index contributed by atoms with van der Waals surface area (Å²) in [6.07, 6.45) is 2.52. The molecule has 0 radical (unpaired) electrons. The van der Waals surface area contributed by atoms with E-state index in [1.54, 1.807) is 0 Å². The van der Waals surface area contributed by atoms with E-state index in [4.69, 9.17) is 5.84 Å². The molecule has 0 aromatic heterocycles. The monoisotopic (exact) mass is 143 g/mol. The Labute approximate surface area is 62.8 Å². The summed E-state index contributed by atoms with van der Waals surface area (Å²) in [6.45, 7) is 4.41. The Kier molecular flexibility index (Phi) is 3.12. The Morgan fingerprint density at radius 1 is 1.00 bits per heavy atom. The van der Waals surface area contributed by atoms with Crippen LogP contribution in [0.1, 0.15) is 12.8 Å². The number of nitrogens with two attached hydrogens (primary N) is 1. The lowest BCUT2D eigenvalue weighted by Gasteiger charge is -2.24. The summed E-state index contributed by atoms with van der Waals surface area (Å²) < 4.78 is 0. The highest BCUT2D eigenvalue weighted by Crippen LogP contribution is 1.98. The predicted octanol–water partition coefficient (Wildman–Crippen LogP) is -0.112. The molecular weight excluding hydrogens is 126 g/mol. The molecule has 1 aliphatic heterocycles. The number of likely N-dealkylation sites (N-methyl/N-ethyl adjacent to an activating group) is 1. The molecule has 0 spiro atoms. The average molecular weight is 143 g/mol. The first-order chi connectivity index (χ1) is 4.79. The Morgan fingerprint density at radius 2 is 1.70 bits per heavy atom. The van der Waals surface area contributed by atoms with Crippen molar-refractivity contribution in [2.24, 2.45) is 5.84 Å². The molecule has 1 fully saturated rings. The van der Waals surface area contributed by atoms with E-state index in [2.05, 4.69) is 11.9 Å². The summed E-state index contributed by atoms with van der Waals surface area (Å²) in [5.41, 5.74) is 0. The molecule has 60 valence electrons. The minimum absolute atomic E-state index is 1.01. The van der Waals surface area contributed by atoms with E-state index in [1.165, 1.54) is 19.4 Å². The van der Waals surface area contributed by atoms with Gasteiger partial charge in [-0.2, -0.15) is 0 Å². The summed E-state index contributed by atoms with van der Waals surface area (Å²) >= 11 is 0. The van der Waals surface area contributed by atoms with Crippen LogP contribution in [-0.2, 0) is 0 Å². The molecule has 0 amide bonds. The van der Waals surface area contributed by atoms with Crippen molar-refractivity contribution in [3.05, 3.63) is 0 Å². The van der Waals surface area contributed by atoms with Crippen molar-refractivity contribution in [2.75, 3.05) is 33.2 Å². The largest absolute Gasteiger partial charge is 0.305 e. The van der Waals surface area contributed by atoms with Crippen molar-refractivity contribution in [2.45, 2.75) is 12.8 Å². The highest BCUT2D eigenvalue weighted by Gasteiger charge is 2.05. The van der Waals surface area contributed by atoms with Crippen LogP contribution in [0.3, 0.4) is 0 Å². The van der Waals surface area contributed by atoms with Gasteiger partial charge in [0.2, 0.25) is 0 Å². The summed E-state index contributed by atoms with van der Waals surface area (Å²) in [4.78, 5) is 2.33. The summed E-state index contributed by atoms with van der Waals surface area (Å²) in [7, 11) is 2.15. The number of hydrazine groups is 1. The Morgan fingerprint density at radius 3 is 2.50 bits per heavy atom. The highest BCUT2D eigenvalue weighted by molar-refractivity contribution is 4.60. The van der Waals surface area contributed by atoms with Crippen molar-refractivity contribution in [3.63, 3.8) is 0 Å². The van der Waals surface area contributed by atoms with E-state index in [0.29, 0.717) is 0 Å². The fourth-order valence-electron chi connectivity index (χ4n) is 1.22. The Balaban J connectivity index is 2.23. The third kappa shape index (κ3) is 2.64. The van der Waals surface area contributed by atoms with Crippen molar-refractivity contribution in [1.29, 1.82) is 0 Å². The van der Waals surface area contributed by atoms with Gasteiger partial charge in [-0.1, -0.05) is 0 Å². The molecule has 10 heavy (non-hydrogen) atoms. The van der Waals surface area contributed by atoms with Gasteiger partial charge in [0.15, 0.2) is 0 Å². The van der Waals surface area contributed by atoms with Crippen LogP contribution in [0.4, 0.5) is 0 Å². The normalized spacial score (nSPS) is 25.8. The van der Waals surface area contributed by atoms with Crippen LogP contribution in [-0.4, -0.2) is 43.1 Å². The first-order valence-electron chi connectivity index (χ1n) is 3.97. The highest BCUT2D eigenvalue weighted by atomic mass is 15.4. The fourth-order valence-corrected chi connectivity index (χ4v) is 1.22. The van der Waals surface area contributed by atoms with E-state index in [0.717, 1.165) is 19.6 Å². The Hall–Kier alpha value is -0.120. The van der Waals surface area contributed by atoms with Crippen LogP contribution in [0.15, 0.2) is 0 Å². The molecular formula is C7H17N3. The van der Waals surface area contributed by atoms with Crippen LogP contribution in [0.2, 0.25) is 0 Å². The van der Waals surface area contributed by atoms with Gasteiger partial charge in [-0.05, 0) is 26.4 Å². The molecule has 0 aromatic rings. The van der Waals surface area contributed by atoms with Gasteiger partial charge in [-0.25, -0.2) is 5.01 Å². The molecule has 2 N–H and O–H groups in total. The second-order valence-corrected chi connectivity index (χ2v) is 3.05. The molecule has 0 unspecified atom stereocenters. The number of rotatable bonds is 0. The maximum absolute atomic E-state index is 5.67.